The van der Waals surface area contributed by atoms with Crippen molar-refractivity contribution in [1.29, 1.82) is 0 Å². The van der Waals surface area contributed by atoms with Gasteiger partial charge in [0.1, 0.15) is 0 Å². The van der Waals surface area contributed by atoms with Crippen molar-refractivity contribution in [2.24, 2.45) is 11.7 Å². The van der Waals surface area contributed by atoms with E-state index >= 15 is 0 Å². The molecule has 0 fully saturated rings. The predicted octanol–water partition coefficient (Wildman–Crippen LogP) is 1.32. The van der Waals surface area contributed by atoms with Gasteiger partial charge in [0, 0.05) is 22.6 Å². The zero-order chi connectivity index (χ0) is 7.44. The molecule has 0 aliphatic rings. The molecule has 2 N–H and O–H groups in total. The van der Waals surface area contributed by atoms with Gasteiger partial charge in [0.25, 0.3) is 0 Å². The van der Waals surface area contributed by atoms with Gasteiger partial charge < -0.3 is 5.73 Å². The van der Waals surface area contributed by atoms with Crippen molar-refractivity contribution in [2.45, 2.75) is 26.3 Å². The Bertz CT molecular complexity index is 103. The number of hydrogen-bond acceptors (Lipinski definition) is 2. The Hall–Kier alpha value is 0.360. The Labute approximate surface area is 69.3 Å². The lowest BCUT2D eigenvalue weighted by Crippen LogP contribution is -2.27. The monoisotopic (exact) mass is 241 g/mol. The van der Waals surface area contributed by atoms with E-state index in [1.807, 2.05) is 0 Å². The first-order valence-electron chi connectivity index (χ1n) is 2.99. The number of rotatable bonds is 3. The highest BCUT2D eigenvalue weighted by Gasteiger charge is 2.10. The Balaban J connectivity index is 3.50. The highest BCUT2D eigenvalue weighted by Crippen LogP contribution is 2.05. The molecule has 0 unspecified atom stereocenters. The molecular formula is C6H12INO. The quantitative estimate of drug-likeness (QED) is 0.598. The van der Waals surface area contributed by atoms with Crippen LogP contribution in [0, 0.1) is 5.92 Å². The van der Waals surface area contributed by atoms with Crippen LogP contribution in [0.1, 0.15) is 20.3 Å². The highest BCUT2D eigenvalue weighted by atomic mass is 127. The predicted molar refractivity (Wildman–Crippen MR) is 46.5 cm³/mol. The van der Waals surface area contributed by atoms with E-state index in [1.54, 1.807) is 22.6 Å². The van der Waals surface area contributed by atoms with E-state index in [-0.39, 0.29) is 9.83 Å². The van der Waals surface area contributed by atoms with Gasteiger partial charge in [-0.3, -0.25) is 4.79 Å². The Kier molecular flexibility index (Phi) is 4.39. The van der Waals surface area contributed by atoms with Gasteiger partial charge in [-0.2, -0.15) is 0 Å². The molecule has 0 rings (SSSR count). The summed E-state index contributed by atoms with van der Waals surface area (Å²) in [7, 11) is 0. The van der Waals surface area contributed by atoms with Crippen molar-refractivity contribution >= 4 is 26.4 Å². The molecule has 0 radical (unpaired) electrons. The van der Waals surface area contributed by atoms with E-state index in [4.69, 9.17) is 5.73 Å². The Morgan fingerprint density at radius 2 is 2.11 bits per heavy atom. The summed E-state index contributed by atoms with van der Waals surface area (Å²) >= 11 is 1.74. The third-order valence-electron chi connectivity index (χ3n) is 1.02. The maximum absolute atomic E-state index is 10.5. The molecule has 3 heteroatoms. The van der Waals surface area contributed by atoms with Crippen molar-refractivity contribution in [2.75, 3.05) is 0 Å². The maximum Gasteiger partial charge on any atom is 0.208 e. The molecule has 9 heavy (non-hydrogen) atoms. The first-order chi connectivity index (χ1) is 4.04. The second-order valence-corrected chi connectivity index (χ2v) is 3.60. The van der Waals surface area contributed by atoms with E-state index in [1.165, 1.54) is 0 Å². The van der Waals surface area contributed by atoms with Crippen LogP contribution in [0.15, 0.2) is 0 Å². The molecule has 0 aromatic heterocycles. The second kappa shape index (κ2) is 4.22. The molecule has 2 nitrogen and oxygen atoms in total. The molecule has 0 heterocycles. The van der Waals surface area contributed by atoms with Crippen molar-refractivity contribution in [3.05, 3.63) is 0 Å². The topological polar surface area (TPSA) is 43.1 Å². The summed E-state index contributed by atoms with van der Waals surface area (Å²) in [6, 6.07) is -0.259. The van der Waals surface area contributed by atoms with E-state index in [0.717, 1.165) is 6.42 Å². The first kappa shape index (κ1) is 9.36. The molecule has 0 bridgehead atoms. The van der Waals surface area contributed by atoms with Gasteiger partial charge in [-0.05, 0) is 12.3 Å². The summed E-state index contributed by atoms with van der Waals surface area (Å²) in [6.07, 6.45) is 0.793. The summed E-state index contributed by atoms with van der Waals surface area (Å²) < 4.78 is 0.0568. The van der Waals surface area contributed by atoms with E-state index in [0.29, 0.717) is 5.92 Å². The molecule has 0 aromatic carbocycles. The fourth-order valence-corrected chi connectivity index (χ4v) is 0.855. The lowest BCUT2D eigenvalue weighted by atomic mass is 10.1. The van der Waals surface area contributed by atoms with Crippen molar-refractivity contribution in [3.8, 4) is 0 Å². The van der Waals surface area contributed by atoms with Gasteiger partial charge >= 0.3 is 0 Å². The first-order valence-corrected chi connectivity index (χ1v) is 4.07. The SMILES string of the molecule is CC(C)C[C@H](N)C(=O)I. The third kappa shape index (κ3) is 4.84. The average molecular weight is 241 g/mol. The van der Waals surface area contributed by atoms with Crippen LogP contribution >= 0.6 is 22.6 Å². The third-order valence-corrected chi connectivity index (χ3v) is 1.82. The number of hydrogen-bond donors (Lipinski definition) is 1. The molecule has 0 aliphatic heterocycles. The molecule has 0 saturated heterocycles. The minimum absolute atomic E-state index is 0.0568. The zero-order valence-electron chi connectivity index (χ0n) is 5.73. The average Bonchev–Trinajstić information content (AvgIpc) is 1.63. The van der Waals surface area contributed by atoms with Crippen LogP contribution in [0.25, 0.3) is 0 Å². The van der Waals surface area contributed by atoms with E-state index < -0.39 is 0 Å². The van der Waals surface area contributed by atoms with Crippen LogP contribution in [0.2, 0.25) is 0 Å². The molecule has 1 atom stereocenters. The second-order valence-electron chi connectivity index (χ2n) is 2.54. The molecule has 0 spiro atoms. The smallest absolute Gasteiger partial charge is 0.208 e. The summed E-state index contributed by atoms with van der Waals surface area (Å²) in [5, 5.41) is 0. The number of carbonyl (C=O) groups is 1. The minimum Gasteiger partial charge on any atom is -0.321 e. The van der Waals surface area contributed by atoms with Gasteiger partial charge in [0.2, 0.25) is 3.79 Å². The fraction of sp³-hybridized carbons (Fsp3) is 0.833. The largest absolute Gasteiger partial charge is 0.321 e. The summed E-state index contributed by atoms with van der Waals surface area (Å²) in [5.41, 5.74) is 5.46. The molecule has 0 aliphatic carbocycles. The van der Waals surface area contributed by atoms with Crippen LogP contribution in [-0.2, 0) is 4.79 Å². The summed E-state index contributed by atoms with van der Waals surface area (Å²) in [4.78, 5) is 10.5. The fourth-order valence-electron chi connectivity index (χ4n) is 0.601. The van der Waals surface area contributed by atoms with Crippen LogP contribution in [0.3, 0.4) is 0 Å². The molecule has 0 amide bonds. The van der Waals surface area contributed by atoms with Crippen molar-refractivity contribution in [3.63, 3.8) is 0 Å². The normalized spacial score (nSPS) is 13.9. The standard InChI is InChI=1S/C6H12INO/c1-4(2)3-5(8)6(7)9/h4-5H,3,8H2,1-2H3/t5-/m0/s1. The van der Waals surface area contributed by atoms with Crippen LogP contribution in [0.4, 0.5) is 0 Å². The summed E-state index contributed by atoms with van der Waals surface area (Å²) in [5.74, 6) is 0.513. The molecule has 0 saturated carbocycles. The van der Waals surface area contributed by atoms with Crippen molar-refractivity contribution in [1.82, 2.24) is 0 Å². The van der Waals surface area contributed by atoms with E-state index in [2.05, 4.69) is 13.8 Å². The lowest BCUT2D eigenvalue weighted by molar-refractivity contribution is -0.110. The minimum atomic E-state index is -0.259. The van der Waals surface area contributed by atoms with E-state index in [9.17, 15) is 4.79 Å². The summed E-state index contributed by atoms with van der Waals surface area (Å²) in [6.45, 7) is 4.11. The van der Waals surface area contributed by atoms with Gasteiger partial charge in [-0.25, -0.2) is 0 Å². The molecular weight excluding hydrogens is 229 g/mol. The molecule has 0 aromatic rings. The van der Waals surface area contributed by atoms with Gasteiger partial charge in [0.15, 0.2) is 0 Å². The van der Waals surface area contributed by atoms with Gasteiger partial charge in [-0.15, -0.1) is 0 Å². The number of halogens is 1. The van der Waals surface area contributed by atoms with Gasteiger partial charge in [0.05, 0.1) is 6.04 Å². The maximum atomic E-state index is 10.5. The molecule has 54 valence electrons. The van der Waals surface area contributed by atoms with Crippen molar-refractivity contribution < 1.29 is 4.79 Å². The number of nitrogens with two attached hydrogens (primary N) is 1. The zero-order valence-corrected chi connectivity index (χ0v) is 7.88. The Morgan fingerprint density at radius 3 is 2.22 bits per heavy atom. The van der Waals surface area contributed by atoms with Crippen LogP contribution in [-0.4, -0.2) is 9.83 Å². The van der Waals surface area contributed by atoms with Gasteiger partial charge in [-0.1, -0.05) is 13.8 Å². The van der Waals surface area contributed by atoms with Crippen LogP contribution < -0.4 is 5.73 Å². The van der Waals surface area contributed by atoms with Crippen LogP contribution in [0.5, 0.6) is 0 Å². The lowest BCUT2D eigenvalue weighted by Gasteiger charge is -2.07. The number of carbonyl (C=O) groups excluding carboxylic acids is 1. The highest BCUT2D eigenvalue weighted by molar-refractivity contribution is 14.1. The Morgan fingerprint density at radius 1 is 1.67 bits per heavy atom.